The lowest BCUT2D eigenvalue weighted by molar-refractivity contribution is -0.146. The molecule has 0 N–H and O–H groups in total. The minimum absolute atomic E-state index is 0.0408. The predicted molar refractivity (Wildman–Crippen MR) is 72.8 cm³/mol. The van der Waals surface area contributed by atoms with Gasteiger partial charge in [0.25, 0.3) is 0 Å². The molecular weight excluding hydrogens is 278 g/mol. The van der Waals surface area contributed by atoms with Crippen LogP contribution in [0.2, 0.25) is 0 Å². The van der Waals surface area contributed by atoms with Crippen LogP contribution >= 0.6 is 0 Å². The second-order valence-electron chi connectivity index (χ2n) is 4.32. The van der Waals surface area contributed by atoms with Crippen molar-refractivity contribution in [2.45, 2.75) is 25.5 Å². The van der Waals surface area contributed by atoms with E-state index in [4.69, 9.17) is 9.47 Å². The SMILES string of the molecule is COCc1ccc(C=O)n1[C@@H](CCC(=O)OC)C(=O)OC. The lowest BCUT2D eigenvalue weighted by Crippen LogP contribution is -2.25. The van der Waals surface area contributed by atoms with Crippen molar-refractivity contribution in [2.24, 2.45) is 0 Å². The van der Waals surface area contributed by atoms with Crippen LogP contribution in [0.25, 0.3) is 0 Å². The fourth-order valence-corrected chi connectivity index (χ4v) is 2.09. The summed E-state index contributed by atoms with van der Waals surface area (Å²) in [5, 5.41) is 0. The van der Waals surface area contributed by atoms with Gasteiger partial charge >= 0.3 is 11.9 Å². The van der Waals surface area contributed by atoms with Gasteiger partial charge in [-0.2, -0.15) is 0 Å². The van der Waals surface area contributed by atoms with Crippen LogP contribution in [0.15, 0.2) is 12.1 Å². The third kappa shape index (κ3) is 4.16. The van der Waals surface area contributed by atoms with E-state index < -0.39 is 18.0 Å². The normalized spacial score (nSPS) is 11.8. The highest BCUT2D eigenvalue weighted by molar-refractivity contribution is 5.79. The van der Waals surface area contributed by atoms with E-state index >= 15 is 0 Å². The van der Waals surface area contributed by atoms with Crippen molar-refractivity contribution in [3.05, 3.63) is 23.5 Å². The first kappa shape index (κ1) is 16.9. The van der Waals surface area contributed by atoms with Gasteiger partial charge < -0.3 is 18.8 Å². The first-order chi connectivity index (χ1) is 10.1. The van der Waals surface area contributed by atoms with E-state index in [-0.39, 0.29) is 19.4 Å². The Bertz CT molecular complexity index is 508. The summed E-state index contributed by atoms with van der Waals surface area (Å²) >= 11 is 0. The third-order valence-corrected chi connectivity index (χ3v) is 3.08. The highest BCUT2D eigenvalue weighted by Gasteiger charge is 2.26. The number of methoxy groups -OCH3 is 3. The molecular formula is C14H19NO6. The van der Waals surface area contributed by atoms with Gasteiger partial charge in [0.1, 0.15) is 6.04 Å². The number of carbonyl (C=O) groups is 3. The Morgan fingerprint density at radius 2 is 1.95 bits per heavy atom. The molecule has 0 amide bonds. The Kier molecular flexibility index (Phi) is 6.61. The second kappa shape index (κ2) is 8.21. The van der Waals surface area contributed by atoms with Crippen LogP contribution in [0.4, 0.5) is 0 Å². The van der Waals surface area contributed by atoms with Crippen LogP contribution in [0.3, 0.4) is 0 Å². The molecule has 1 aromatic rings. The Morgan fingerprint density at radius 1 is 1.24 bits per heavy atom. The first-order valence-electron chi connectivity index (χ1n) is 6.37. The maximum Gasteiger partial charge on any atom is 0.328 e. The average Bonchev–Trinajstić information content (AvgIpc) is 2.90. The van der Waals surface area contributed by atoms with E-state index in [2.05, 4.69) is 4.74 Å². The summed E-state index contributed by atoms with van der Waals surface area (Å²) in [6.07, 6.45) is 0.859. The van der Waals surface area contributed by atoms with Crippen LogP contribution in [-0.4, -0.2) is 44.1 Å². The van der Waals surface area contributed by atoms with Crippen molar-refractivity contribution in [3.8, 4) is 0 Å². The lowest BCUT2D eigenvalue weighted by Gasteiger charge is -2.20. The van der Waals surface area contributed by atoms with Gasteiger partial charge in [-0.3, -0.25) is 9.59 Å². The third-order valence-electron chi connectivity index (χ3n) is 3.08. The topological polar surface area (TPSA) is 83.8 Å². The molecule has 0 bridgehead atoms. The van der Waals surface area contributed by atoms with E-state index in [1.54, 1.807) is 12.1 Å². The molecule has 0 aliphatic carbocycles. The molecule has 0 spiro atoms. The maximum atomic E-state index is 12.0. The number of ether oxygens (including phenoxy) is 3. The van der Waals surface area contributed by atoms with Crippen LogP contribution in [0.5, 0.6) is 0 Å². The molecule has 7 heteroatoms. The molecule has 116 valence electrons. The number of rotatable bonds is 8. The Balaban J connectivity index is 3.12. The maximum absolute atomic E-state index is 12.0. The van der Waals surface area contributed by atoms with Gasteiger partial charge in [0.15, 0.2) is 6.29 Å². The van der Waals surface area contributed by atoms with E-state index in [0.717, 1.165) is 0 Å². The van der Waals surface area contributed by atoms with Crippen LogP contribution < -0.4 is 0 Å². The van der Waals surface area contributed by atoms with Crippen molar-refractivity contribution in [3.63, 3.8) is 0 Å². The largest absolute Gasteiger partial charge is 0.469 e. The summed E-state index contributed by atoms with van der Waals surface area (Å²) in [6, 6.07) is 2.51. The number of carbonyl (C=O) groups excluding carboxylic acids is 3. The number of aromatic nitrogens is 1. The van der Waals surface area contributed by atoms with Crippen LogP contribution in [0, 0.1) is 0 Å². The van der Waals surface area contributed by atoms with Crippen molar-refractivity contribution in [1.29, 1.82) is 0 Å². The van der Waals surface area contributed by atoms with E-state index in [0.29, 0.717) is 17.7 Å². The summed E-state index contributed by atoms with van der Waals surface area (Å²) in [5.41, 5.74) is 0.974. The van der Waals surface area contributed by atoms with E-state index in [1.165, 1.54) is 25.9 Å². The summed E-state index contributed by atoms with van der Waals surface area (Å²) in [7, 11) is 4.05. The fourth-order valence-electron chi connectivity index (χ4n) is 2.09. The molecule has 0 saturated heterocycles. The zero-order valence-electron chi connectivity index (χ0n) is 12.3. The van der Waals surface area contributed by atoms with Gasteiger partial charge in [-0.15, -0.1) is 0 Å². The molecule has 0 unspecified atom stereocenters. The Hall–Kier alpha value is -2.15. The summed E-state index contributed by atoms with van der Waals surface area (Å²) in [5.74, 6) is -0.965. The van der Waals surface area contributed by atoms with Gasteiger partial charge in [0.2, 0.25) is 0 Å². The summed E-state index contributed by atoms with van der Waals surface area (Å²) < 4.78 is 15.9. The number of hydrogen-bond donors (Lipinski definition) is 0. The number of hydrogen-bond acceptors (Lipinski definition) is 6. The smallest absolute Gasteiger partial charge is 0.328 e. The molecule has 1 atom stereocenters. The molecule has 1 aromatic heterocycles. The quantitative estimate of drug-likeness (QED) is 0.528. The molecule has 7 nitrogen and oxygen atoms in total. The molecule has 0 radical (unpaired) electrons. The molecule has 0 saturated carbocycles. The number of esters is 2. The molecule has 21 heavy (non-hydrogen) atoms. The zero-order valence-corrected chi connectivity index (χ0v) is 12.3. The Morgan fingerprint density at radius 3 is 2.48 bits per heavy atom. The minimum Gasteiger partial charge on any atom is -0.469 e. The van der Waals surface area contributed by atoms with Crippen molar-refractivity contribution in [1.82, 2.24) is 4.57 Å². The standard InChI is InChI=1S/C14H19NO6/c1-19-9-11-5-4-10(8-16)15(11)12(14(18)21-3)6-7-13(17)20-2/h4-5,8,12H,6-7,9H2,1-3H3/t12-/m0/s1. The summed E-state index contributed by atoms with van der Waals surface area (Å²) in [6.45, 7) is 0.236. The summed E-state index contributed by atoms with van der Waals surface area (Å²) in [4.78, 5) is 34.4. The lowest BCUT2D eigenvalue weighted by atomic mass is 10.1. The van der Waals surface area contributed by atoms with Gasteiger partial charge in [-0.1, -0.05) is 0 Å². The van der Waals surface area contributed by atoms with Crippen molar-refractivity contribution in [2.75, 3.05) is 21.3 Å². The fraction of sp³-hybridized carbons (Fsp3) is 0.500. The number of aldehydes is 1. The Labute approximate surface area is 122 Å². The monoisotopic (exact) mass is 297 g/mol. The second-order valence-corrected chi connectivity index (χ2v) is 4.32. The number of nitrogens with zero attached hydrogens (tertiary/aromatic N) is 1. The van der Waals surface area contributed by atoms with Crippen molar-refractivity contribution < 1.29 is 28.6 Å². The van der Waals surface area contributed by atoms with Crippen LogP contribution in [0.1, 0.15) is 35.1 Å². The zero-order chi connectivity index (χ0) is 15.8. The van der Waals surface area contributed by atoms with E-state index in [9.17, 15) is 14.4 Å². The first-order valence-corrected chi connectivity index (χ1v) is 6.37. The van der Waals surface area contributed by atoms with Gasteiger partial charge in [-0.25, -0.2) is 4.79 Å². The predicted octanol–water partition coefficient (Wildman–Crippen LogP) is 1.11. The molecule has 0 aliphatic heterocycles. The van der Waals surface area contributed by atoms with Gasteiger partial charge in [0, 0.05) is 19.2 Å². The highest BCUT2D eigenvalue weighted by Crippen LogP contribution is 2.22. The van der Waals surface area contributed by atoms with Crippen LogP contribution in [-0.2, 0) is 30.4 Å². The molecule has 1 rings (SSSR count). The molecule has 0 aliphatic rings. The minimum atomic E-state index is -0.783. The molecule has 0 fully saturated rings. The van der Waals surface area contributed by atoms with E-state index in [1.807, 2.05) is 0 Å². The molecule has 0 aromatic carbocycles. The average molecular weight is 297 g/mol. The molecule has 1 heterocycles. The van der Waals surface area contributed by atoms with Gasteiger partial charge in [0.05, 0.1) is 26.5 Å². The highest BCUT2D eigenvalue weighted by atomic mass is 16.5. The van der Waals surface area contributed by atoms with Gasteiger partial charge in [-0.05, 0) is 18.6 Å². The van der Waals surface area contributed by atoms with Crippen molar-refractivity contribution >= 4 is 18.2 Å².